The molecule has 1 aliphatic heterocycles. The maximum atomic E-state index is 13.1. The van der Waals surface area contributed by atoms with Crippen molar-refractivity contribution in [2.24, 2.45) is 0 Å². The summed E-state index contributed by atoms with van der Waals surface area (Å²) in [5, 5.41) is 8.37. The molecule has 7 heteroatoms. The summed E-state index contributed by atoms with van der Waals surface area (Å²) >= 11 is 0. The predicted molar refractivity (Wildman–Crippen MR) is 99.4 cm³/mol. The number of rotatable bonds is 5. The van der Waals surface area contributed by atoms with Gasteiger partial charge in [0.2, 0.25) is 0 Å². The molecule has 1 amide bonds. The molecule has 1 fully saturated rings. The van der Waals surface area contributed by atoms with Gasteiger partial charge in [-0.2, -0.15) is 5.10 Å². The molecule has 7 nitrogen and oxygen atoms in total. The molecule has 0 saturated carbocycles. The van der Waals surface area contributed by atoms with E-state index in [-0.39, 0.29) is 11.9 Å². The maximum Gasteiger partial charge on any atom is 0.276 e. The Balaban J connectivity index is 1.61. The molecule has 2 aromatic heterocycles. The van der Waals surface area contributed by atoms with Gasteiger partial charge in [0, 0.05) is 25.4 Å². The van der Waals surface area contributed by atoms with Crippen molar-refractivity contribution >= 4 is 5.91 Å². The molecule has 3 heterocycles. The van der Waals surface area contributed by atoms with Crippen molar-refractivity contribution in [2.75, 3.05) is 13.7 Å². The number of amides is 1. The van der Waals surface area contributed by atoms with Crippen molar-refractivity contribution in [1.82, 2.24) is 19.8 Å². The molecule has 0 spiro atoms. The number of hydrogen-bond donors (Lipinski definition) is 0. The Kier molecular flexibility index (Phi) is 4.66. The minimum atomic E-state index is -0.119. The summed E-state index contributed by atoms with van der Waals surface area (Å²) < 4.78 is 12.8. The van der Waals surface area contributed by atoms with Crippen molar-refractivity contribution < 1.29 is 14.1 Å². The highest BCUT2D eigenvalue weighted by atomic mass is 16.5. The summed E-state index contributed by atoms with van der Waals surface area (Å²) in [6.45, 7) is 3.53. The minimum absolute atomic E-state index is 0.0198. The topological polar surface area (TPSA) is 73.4 Å². The van der Waals surface area contributed by atoms with Gasteiger partial charge in [-0.3, -0.25) is 9.48 Å². The van der Waals surface area contributed by atoms with Crippen LogP contribution in [0.1, 0.15) is 42.0 Å². The van der Waals surface area contributed by atoms with Gasteiger partial charge in [0.25, 0.3) is 5.91 Å². The van der Waals surface area contributed by atoms with E-state index in [1.54, 1.807) is 19.4 Å². The average Bonchev–Trinajstić information content (AvgIpc) is 3.46. The van der Waals surface area contributed by atoms with Crippen LogP contribution in [0.5, 0.6) is 5.75 Å². The highest BCUT2D eigenvalue weighted by Crippen LogP contribution is 2.34. The van der Waals surface area contributed by atoms with E-state index in [0.717, 1.165) is 30.6 Å². The van der Waals surface area contributed by atoms with E-state index < -0.39 is 0 Å². The number of benzene rings is 1. The predicted octanol–water partition coefficient (Wildman–Crippen LogP) is 3.54. The maximum absolute atomic E-state index is 13.1. The van der Waals surface area contributed by atoms with Crippen LogP contribution in [-0.2, 0) is 6.54 Å². The van der Waals surface area contributed by atoms with E-state index >= 15 is 0 Å². The van der Waals surface area contributed by atoms with Crippen LogP contribution in [0, 0.1) is 0 Å². The summed E-state index contributed by atoms with van der Waals surface area (Å²) in [5.74, 6) is 1.08. The van der Waals surface area contributed by atoms with Gasteiger partial charge >= 0.3 is 0 Å². The third-order valence-corrected chi connectivity index (χ3v) is 5.01. The molecule has 1 saturated heterocycles. The summed E-state index contributed by atoms with van der Waals surface area (Å²) in [5.41, 5.74) is 2.15. The monoisotopic (exact) mass is 366 g/mol. The van der Waals surface area contributed by atoms with Gasteiger partial charge in [0.15, 0.2) is 11.5 Å². The molecule has 0 radical (unpaired) electrons. The number of hydrogen-bond acceptors (Lipinski definition) is 5. The van der Waals surface area contributed by atoms with Crippen molar-refractivity contribution in [3.63, 3.8) is 0 Å². The number of ether oxygens (including phenoxy) is 1. The van der Waals surface area contributed by atoms with Gasteiger partial charge in [-0.15, -0.1) is 0 Å². The Hall–Kier alpha value is -3.09. The quantitative estimate of drug-likeness (QED) is 0.690. The summed E-state index contributed by atoms with van der Waals surface area (Å²) in [4.78, 5) is 15.0. The standard InChI is InChI=1S/C20H22N4O3/c1-3-24-17(10-11-21-24)16-8-6-12-23(16)20(25)15-13-19(27-22-15)14-7-4-5-9-18(14)26-2/h4-5,7,9-11,13,16H,3,6,8,12H2,1-2H3/t16-/m1/s1. The molecule has 27 heavy (non-hydrogen) atoms. The molecule has 1 aromatic carbocycles. The molecule has 0 unspecified atom stereocenters. The Bertz CT molecular complexity index is 946. The zero-order chi connectivity index (χ0) is 18.8. The SMILES string of the molecule is CCn1nccc1[C@H]1CCCN1C(=O)c1cc(-c2ccccc2OC)on1. The largest absolute Gasteiger partial charge is 0.496 e. The zero-order valence-corrected chi connectivity index (χ0v) is 15.5. The Morgan fingerprint density at radius 3 is 3.00 bits per heavy atom. The zero-order valence-electron chi connectivity index (χ0n) is 15.5. The normalized spacial score (nSPS) is 16.7. The van der Waals surface area contributed by atoms with E-state index in [2.05, 4.69) is 17.2 Å². The smallest absolute Gasteiger partial charge is 0.276 e. The molecule has 1 aliphatic rings. The van der Waals surface area contributed by atoms with Crippen LogP contribution < -0.4 is 4.74 Å². The summed E-state index contributed by atoms with van der Waals surface area (Å²) in [6.07, 6.45) is 3.67. The second-order valence-corrected chi connectivity index (χ2v) is 6.51. The fourth-order valence-corrected chi connectivity index (χ4v) is 3.71. The summed E-state index contributed by atoms with van der Waals surface area (Å²) in [6, 6.07) is 11.2. The minimum Gasteiger partial charge on any atom is -0.496 e. The molecular formula is C20H22N4O3. The molecule has 4 rings (SSSR count). The number of methoxy groups -OCH3 is 1. The highest BCUT2D eigenvalue weighted by molar-refractivity contribution is 5.93. The van der Waals surface area contributed by atoms with Crippen molar-refractivity contribution in [3.05, 3.63) is 54.0 Å². The second-order valence-electron chi connectivity index (χ2n) is 6.51. The number of aryl methyl sites for hydroxylation is 1. The second kappa shape index (κ2) is 7.26. The first-order chi connectivity index (χ1) is 13.2. The van der Waals surface area contributed by atoms with E-state index in [0.29, 0.717) is 23.7 Å². The number of aromatic nitrogens is 3. The van der Waals surface area contributed by atoms with Crippen LogP contribution in [0.4, 0.5) is 0 Å². The molecular weight excluding hydrogens is 344 g/mol. The van der Waals surface area contributed by atoms with Gasteiger partial charge in [0.05, 0.1) is 24.4 Å². The van der Waals surface area contributed by atoms with Crippen LogP contribution in [0.15, 0.2) is 47.1 Å². The number of nitrogens with zero attached hydrogens (tertiary/aromatic N) is 4. The summed E-state index contributed by atoms with van der Waals surface area (Å²) in [7, 11) is 1.60. The number of likely N-dealkylation sites (tertiary alicyclic amines) is 1. The fraction of sp³-hybridized carbons (Fsp3) is 0.350. The van der Waals surface area contributed by atoms with Gasteiger partial charge in [-0.1, -0.05) is 17.3 Å². The van der Waals surface area contributed by atoms with E-state index in [1.165, 1.54) is 0 Å². The lowest BCUT2D eigenvalue weighted by Gasteiger charge is -2.24. The van der Waals surface area contributed by atoms with Crippen molar-refractivity contribution in [1.29, 1.82) is 0 Å². The van der Waals surface area contributed by atoms with E-state index in [1.807, 2.05) is 39.9 Å². The van der Waals surface area contributed by atoms with Crippen molar-refractivity contribution in [3.8, 4) is 17.1 Å². The van der Waals surface area contributed by atoms with Gasteiger partial charge in [-0.25, -0.2) is 0 Å². The molecule has 3 aromatic rings. The van der Waals surface area contributed by atoms with Gasteiger partial charge in [-0.05, 0) is 38.0 Å². The first-order valence-electron chi connectivity index (χ1n) is 9.15. The number of carbonyl (C=O) groups is 1. The first kappa shape index (κ1) is 17.3. The molecule has 0 aliphatic carbocycles. The van der Waals surface area contributed by atoms with E-state index in [9.17, 15) is 4.79 Å². The third-order valence-electron chi connectivity index (χ3n) is 5.01. The lowest BCUT2D eigenvalue weighted by atomic mass is 10.1. The van der Waals surface area contributed by atoms with Crippen LogP contribution in [0.25, 0.3) is 11.3 Å². The van der Waals surface area contributed by atoms with Gasteiger partial charge in [0.1, 0.15) is 5.75 Å². The Morgan fingerprint density at radius 2 is 2.19 bits per heavy atom. The Morgan fingerprint density at radius 1 is 1.33 bits per heavy atom. The average molecular weight is 366 g/mol. The first-order valence-corrected chi connectivity index (χ1v) is 9.15. The third kappa shape index (κ3) is 3.09. The number of para-hydroxylation sites is 1. The molecule has 1 atom stereocenters. The Labute approximate surface area is 157 Å². The lowest BCUT2D eigenvalue weighted by molar-refractivity contribution is 0.0719. The number of carbonyl (C=O) groups excluding carboxylic acids is 1. The molecule has 0 N–H and O–H groups in total. The molecule has 140 valence electrons. The van der Waals surface area contributed by atoms with Crippen molar-refractivity contribution in [2.45, 2.75) is 32.4 Å². The lowest BCUT2D eigenvalue weighted by Crippen LogP contribution is -2.32. The fourth-order valence-electron chi connectivity index (χ4n) is 3.71. The molecule has 0 bridgehead atoms. The highest BCUT2D eigenvalue weighted by Gasteiger charge is 2.34. The van der Waals surface area contributed by atoms with Gasteiger partial charge < -0.3 is 14.2 Å². The van der Waals surface area contributed by atoms with Crippen LogP contribution in [0.3, 0.4) is 0 Å². The van der Waals surface area contributed by atoms with E-state index in [4.69, 9.17) is 9.26 Å². The van der Waals surface area contributed by atoms with Crippen LogP contribution >= 0.6 is 0 Å². The van der Waals surface area contributed by atoms with Crippen LogP contribution in [0.2, 0.25) is 0 Å². The van der Waals surface area contributed by atoms with Crippen LogP contribution in [-0.4, -0.2) is 39.4 Å².